The Morgan fingerprint density at radius 3 is 3.10 bits per heavy atom. The number of piperidine rings is 1. The average molecular weight is 289 g/mol. The number of carboxylic acids is 1. The smallest absolute Gasteiger partial charge is 0.344 e. The van der Waals surface area contributed by atoms with Gasteiger partial charge < -0.3 is 20.1 Å². The Morgan fingerprint density at radius 1 is 1.52 bits per heavy atom. The fourth-order valence-electron chi connectivity index (χ4n) is 2.61. The topological polar surface area (TPSA) is 87.2 Å². The van der Waals surface area contributed by atoms with Gasteiger partial charge in [-0.05, 0) is 38.4 Å². The van der Waals surface area contributed by atoms with Crippen LogP contribution < -0.4 is 10.1 Å². The van der Waals surface area contributed by atoms with Gasteiger partial charge in [-0.2, -0.15) is 0 Å². The van der Waals surface area contributed by atoms with Crippen LogP contribution in [0.15, 0.2) is 18.2 Å². The van der Waals surface area contributed by atoms with Crippen molar-refractivity contribution in [2.24, 2.45) is 0 Å². The molecule has 0 spiro atoms. The number of rotatable bonds is 4. The maximum absolute atomic E-state index is 10.8. The Hall–Kier alpha value is -2.08. The zero-order chi connectivity index (χ0) is 14.8. The summed E-state index contributed by atoms with van der Waals surface area (Å²) in [6.07, 6.45) is 1.42. The van der Waals surface area contributed by atoms with E-state index in [1.165, 1.54) is 6.92 Å². The van der Waals surface area contributed by atoms with Gasteiger partial charge in [-0.15, -0.1) is 0 Å². The van der Waals surface area contributed by atoms with E-state index >= 15 is 0 Å². The van der Waals surface area contributed by atoms with E-state index in [1.807, 2.05) is 12.1 Å². The number of hydrogen-bond donors (Lipinski definition) is 3. The Labute approximate surface area is 122 Å². The van der Waals surface area contributed by atoms with Crippen molar-refractivity contribution in [3.63, 3.8) is 0 Å². The molecule has 0 bridgehead atoms. The number of nitrogens with one attached hydrogen (secondary N) is 2. The lowest BCUT2D eigenvalue weighted by Crippen LogP contribution is -2.28. The summed E-state index contributed by atoms with van der Waals surface area (Å²) in [5.41, 5.74) is 1.76. The first kappa shape index (κ1) is 13.9. The van der Waals surface area contributed by atoms with Crippen molar-refractivity contribution < 1.29 is 14.6 Å². The van der Waals surface area contributed by atoms with Crippen molar-refractivity contribution in [1.29, 1.82) is 0 Å². The van der Waals surface area contributed by atoms with Crippen molar-refractivity contribution in [1.82, 2.24) is 15.3 Å². The van der Waals surface area contributed by atoms with Crippen molar-refractivity contribution in [3.05, 3.63) is 24.0 Å². The normalized spacial score (nSPS) is 20.3. The van der Waals surface area contributed by atoms with Crippen molar-refractivity contribution in [2.75, 3.05) is 13.1 Å². The first-order chi connectivity index (χ1) is 10.1. The lowest BCUT2D eigenvalue weighted by atomic mass is 9.99. The average Bonchev–Trinajstić information content (AvgIpc) is 2.91. The minimum Gasteiger partial charge on any atom is -0.479 e. The number of H-pyrrole nitrogens is 1. The highest BCUT2D eigenvalue weighted by molar-refractivity contribution is 5.77. The number of carboxylic acid groups (broad SMARTS) is 1. The Bertz CT molecular complexity index is 647. The molecular weight excluding hydrogens is 270 g/mol. The SMILES string of the molecule is CC(Oc1ccc2nc(C3CCCNC3)[nH]c2c1)C(=O)O. The Kier molecular flexibility index (Phi) is 3.79. The lowest BCUT2D eigenvalue weighted by molar-refractivity contribution is -0.144. The summed E-state index contributed by atoms with van der Waals surface area (Å²) < 4.78 is 5.38. The van der Waals surface area contributed by atoms with Crippen LogP contribution in [0.25, 0.3) is 11.0 Å². The molecule has 1 fully saturated rings. The summed E-state index contributed by atoms with van der Waals surface area (Å²) in [6, 6.07) is 5.42. The number of benzene rings is 1. The molecule has 0 saturated carbocycles. The number of nitrogens with zero attached hydrogens (tertiary/aromatic N) is 1. The standard InChI is InChI=1S/C15H19N3O3/c1-9(15(19)20)21-11-4-5-12-13(7-11)18-14(17-12)10-3-2-6-16-8-10/h4-5,7,9-10,16H,2-3,6,8H2,1H3,(H,17,18)(H,19,20). The van der Waals surface area contributed by atoms with E-state index in [4.69, 9.17) is 9.84 Å². The number of fused-ring (bicyclic) bond motifs is 1. The molecule has 1 aliphatic heterocycles. The predicted octanol–water partition coefficient (Wildman–Crippen LogP) is 1.88. The number of imidazole rings is 1. The highest BCUT2D eigenvalue weighted by atomic mass is 16.5. The molecule has 21 heavy (non-hydrogen) atoms. The van der Waals surface area contributed by atoms with E-state index in [1.54, 1.807) is 6.07 Å². The number of carbonyl (C=O) groups is 1. The maximum atomic E-state index is 10.8. The number of aromatic nitrogens is 2. The van der Waals surface area contributed by atoms with Gasteiger partial charge in [0.1, 0.15) is 11.6 Å². The zero-order valence-electron chi connectivity index (χ0n) is 11.9. The number of hydrogen-bond acceptors (Lipinski definition) is 4. The maximum Gasteiger partial charge on any atom is 0.344 e. The highest BCUT2D eigenvalue weighted by Crippen LogP contribution is 2.25. The third-order valence-corrected chi connectivity index (χ3v) is 3.82. The van der Waals surface area contributed by atoms with Crippen LogP contribution >= 0.6 is 0 Å². The van der Waals surface area contributed by atoms with Crippen LogP contribution in [0.2, 0.25) is 0 Å². The molecule has 112 valence electrons. The summed E-state index contributed by atoms with van der Waals surface area (Å²) in [7, 11) is 0. The van der Waals surface area contributed by atoms with Crippen molar-refractivity contribution in [2.45, 2.75) is 31.8 Å². The molecule has 1 aromatic carbocycles. The van der Waals surface area contributed by atoms with Gasteiger partial charge in [-0.25, -0.2) is 9.78 Å². The summed E-state index contributed by atoms with van der Waals surface area (Å²) in [5.74, 6) is 0.956. The quantitative estimate of drug-likeness (QED) is 0.800. The summed E-state index contributed by atoms with van der Waals surface area (Å²) >= 11 is 0. The molecular formula is C15H19N3O3. The van der Waals surface area contributed by atoms with Crippen LogP contribution in [0, 0.1) is 0 Å². The third-order valence-electron chi connectivity index (χ3n) is 3.82. The highest BCUT2D eigenvalue weighted by Gasteiger charge is 2.19. The molecule has 0 radical (unpaired) electrons. The molecule has 6 heteroatoms. The van der Waals surface area contributed by atoms with E-state index < -0.39 is 12.1 Å². The van der Waals surface area contributed by atoms with Gasteiger partial charge in [0, 0.05) is 18.5 Å². The Balaban J connectivity index is 1.82. The molecule has 2 aromatic rings. The van der Waals surface area contributed by atoms with Gasteiger partial charge in [0.25, 0.3) is 0 Å². The van der Waals surface area contributed by atoms with Crippen LogP contribution in [-0.4, -0.2) is 40.2 Å². The second-order valence-electron chi connectivity index (χ2n) is 5.44. The van der Waals surface area contributed by atoms with Crippen LogP contribution in [0.4, 0.5) is 0 Å². The van der Waals surface area contributed by atoms with Crippen LogP contribution in [0.3, 0.4) is 0 Å². The lowest BCUT2D eigenvalue weighted by Gasteiger charge is -2.20. The minimum absolute atomic E-state index is 0.411. The monoisotopic (exact) mass is 289 g/mol. The molecule has 3 rings (SSSR count). The molecule has 3 N–H and O–H groups in total. The fourth-order valence-corrected chi connectivity index (χ4v) is 2.61. The number of aliphatic carboxylic acids is 1. The summed E-state index contributed by atoms with van der Waals surface area (Å²) in [6.45, 7) is 3.53. The van der Waals surface area contributed by atoms with Gasteiger partial charge in [0.2, 0.25) is 0 Å². The molecule has 6 nitrogen and oxygen atoms in total. The van der Waals surface area contributed by atoms with Gasteiger partial charge in [0.15, 0.2) is 6.10 Å². The van der Waals surface area contributed by atoms with Crippen LogP contribution in [0.5, 0.6) is 5.75 Å². The van der Waals surface area contributed by atoms with Crippen molar-refractivity contribution >= 4 is 17.0 Å². The summed E-state index contributed by atoms with van der Waals surface area (Å²) in [5, 5.41) is 12.3. The third kappa shape index (κ3) is 3.00. The molecule has 2 unspecified atom stereocenters. The molecule has 0 amide bonds. The van der Waals surface area contributed by atoms with Gasteiger partial charge in [-0.1, -0.05) is 0 Å². The molecule has 2 atom stereocenters. The van der Waals surface area contributed by atoms with Crippen LogP contribution in [-0.2, 0) is 4.79 Å². The number of aromatic amines is 1. The van der Waals surface area contributed by atoms with E-state index in [-0.39, 0.29) is 0 Å². The van der Waals surface area contributed by atoms with E-state index in [2.05, 4.69) is 15.3 Å². The number of ether oxygens (including phenoxy) is 1. The Morgan fingerprint density at radius 2 is 2.38 bits per heavy atom. The first-order valence-electron chi connectivity index (χ1n) is 7.23. The van der Waals surface area contributed by atoms with Gasteiger partial charge in [0.05, 0.1) is 11.0 Å². The molecule has 0 aliphatic carbocycles. The van der Waals surface area contributed by atoms with E-state index in [0.717, 1.165) is 42.8 Å². The molecule has 1 aromatic heterocycles. The molecule has 1 aliphatic rings. The van der Waals surface area contributed by atoms with Crippen LogP contribution in [0.1, 0.15) is 31.5 Å². The molecule has 1 saturated heterocycles. The second-order valence-corrected chi connectivity index (χ2v) is 5.44. The minimum atomic E-state index is -0.978. The zero-order valence-corrected chi connectivity index (χ0v) is 11.9. The summed E-state index contributed by atoms with van der Waals surface area (Å²) in [4.78, 5) is 18.8. The van der Waals surface area contributed by atoms with Gasteiger partial charge in [-0.3, -0.25) is 0 Å². The second kappa shape index (κ2) is 5.73. The molecule has 2 heterocycles. The van der Waals surface area contributed by atoms with E-state index in [0.29, 0.717) is 11.7 Å². The predicted molar refractivity (Wildman–Crippen MR) is 78.7 cm³/mol. The van der Waals surface area contributed by atoms with E-state index in [9.17, 15) is 4.79 Å². The fraction of sp³-hybridized carbons (Fsp3) is 0.467. The van der Waals surface area contributed by atoms with Crippen molar-refractivity contribution in [3.8, 4) is 5.75 Å². The largest absolute Gasteiger partial charge is 0.479 e. The van der Waals surface area contributed by atoms with Gasteiger partial charge >= 0.3 is 5.97 Å². The first-order valence-corrected chi connectivity index (χ1v) is 7.23.